The molecule has 2 rings (SSSR count). The standard InChI is InChI=1S/C10H14N2O/c13-12-8-4-3-7-10(12)11-9-5-1-2-6-9/h3-4,7-9,13H,1-2,5-6H2. The molecule has 1 aliphatic carbocycles. The summed E-state index contributed by atoms with van der Waals surface area (Å²) in [5.74, 6) is 0. The summed E-state index contributed by atoms with van der Waals surface area (Å²) in [6.07, 6.45) is 6.47. The van der Waals surface area contributed by atoms with Gasteiger partial charge in [-0.05, 0) is 25.0 Å². The summed E-state index contributed by atoms with van der Waals surface area (Å²) in [7, 11) is 0. The second kappa shape index (κ2) is 3.64. The maximum absolute atomic E-state index is 9.39. The zero-order valence-corrected chi connectivity index (χ0v) is 7.56. The molecule has 0 aliphatic heterocycles. The van der Waals surface area contributed by atoms with Gasteiger partial charge in [0.15, 0.2) is 5.49 Å². The first-order valence-corrected chi connectivity index (χ1v) is 4.77. The molecule has 0 bridgehead atoms. The Labute approximate surface area is 77.3 Å². The molecule has 0 saturated heterocycles. The van der Waals surface area contributed by atoms with Crippen LogP contribution in [0.1, 0.15) is 25.7 Å². The molecule has 1 heterocycles. The highest BCUT2D eigenvalue weighted by Gasteiger charge is 2.12. The minimum Gasteiger partial charge on any atom is -0.427 e. The van der Waals surface area contributed by atoms with E-state index in [1.54, 1.807) is 12.3 Å². The third kappa shape index (κ3) is 1.91. The van der Waals surface area contributed by atoms with E-state index in [2.05, 4.69) is 4.99 Å². The van der Waals surface area contributed by atoms with Crippen LogP contribution in [-0.4, -0.2) is 16.0 Å². The normalized spacial score (nSPS) is 19.5. The van der Waals surface area contributed by atoms with Crippen molar-refractivity contribution < 1.29 is 5.21 Å². The fourth-order valence-electron chi connectivity index (χ4n) is 1.75. The predicted octanol–water partition coefficient (Wildman–Crippen LogP) is 1.57. The molecule has 0 amide bonds. The molecule has 1 aromatic rings. The number of nitrogens with zero attached hydrogens (tertiary/aromatic N) is 2. The average molecular weight is 178 g/mol. The summed E-state index contributed by atoms with van der Waals surface area (Å²) in [6, 6.07) is 5.92. The van der Waals surface area contributed by atoms with Crippen LogP contribution in [0.3, 0.4) is 0 Å². The third-order valence-corrected chi connectivity index (χ3v) is 2.46. The van der Waals surface area contributed by atoms with Crippen molar-refractivity contribution in [3.05, 3.63) is 29.9 Å². The van der Waals surface area contributed by atoms with Gasteiger partial charge in [-0.25, -0.2) is 0 Å². The monoisotopic (exact) mass is 178 g/mol. The first-order valence-electron chi connectivity index (χ1n) is 4.77. The van der Waals surface area contributed by atoms with E-state index in [4.69, 9.17) is 0 Å². The summed E-state index contributed by atoms with van der Waals surface area (Å²) in [4.78, 5) is 4.47. The van der Waals surface area contributed by atoms with E-state index < -0.39 is 0 Å². The smallest absolute Gasteiger partial charge is 0.163 e. The van der Waals surface area contributed by atoms with Crippen molar-refractivity contribution in [1.82, 2.24) is 4.73 Å². The van der Waals surface area contributed by atoms with Gasteiger partial charge in [-0.3, -0.25) is 4.99 Å². The minimum absolute atomic E-state index is 0.417. The lowest BCUT2D eigenvalue weighted by Crippen LogP contribution is -2.19. The molecule has 0 radical (unpaired) electrons. The first-order chi connectivity index (χ1) is 6.36. The highest BCUT2D eigenvalue weighted by Crippen LogP contribution is 2.19. The van der Waals surface area contributed by atoms with Crippen LogP contribution in [0.15, 0.2) is 29.4 Å². The third-order valence-electron chi connectivity index (χ3n) is 2.46. The summed E-state index contributed by atoms with van der Waals surface area (Å²) >= 11 is 0. The predicted molar refractivity (Wildman–Crippen MR) is 49.4 cm³/mol. The molecule has 1 aromatic heterocycles. The van der Waals surface area contributed by atoms with Crippen LogP contribution in [0.2, 0.25) is 0 Å². The van der Waals surface area contributed by atoms with E-state index in [1.807, 2.05) is 12.1 Å². The van der Waals surface area contributed by atoms with E-state index >= 15 is 0 Å². The Hall–Kier alpha value is -1.25. The lowest BCUT2D eigenvalue weighted by atomic mass is 10.3. The van der Waals surface area contributed by atoms with Gasteiger partial charge < -0.3 is 5.21 Å². The van der Waals surface area contributed by atoms with Gasteiger partial charge in [0.1, 0.15) is 0 Å². The van der Waals surface area contributed by atoms with Crippen molar-refractivity contribution in [3.8, 4) is 0 Å². The van der Waals surface area contributed by atoms with Crippen molar-refractivity contribution in [2.24, 2.45) is 4.99 Å². The second-order valence-electron chi connectivity index (χ2n) is 3.47. The van der Waals surface area contributed by atoms with Gasteiger partial charge in [-0.2, -0.15) is 4.73 Å². The van der Waals surface area contributed by atoms with Gasteiger partial charge >= 0.3 is 0 Å². The van der Waals surface area contributed by atoms with Crippen LogP contribution in [-0.2, 0) is 0 Å². The molecule has 0 atom stereocenters. The Kier molecular flexibility index (Phi) is 2.34. The molecule has 0 spiro atoms. The highest BCUT2D eigenvalue weighted by atomic mass is 16.5. The lowest BCUT2D eigenvalue weighted by molar-refractivity contribution is 0.170. The molecule has 70 valence electrons. The van der Waals surface area contributed by atoms with Crippen LogP contribution >= 0.6 is 0 Å². The molecule has 1 aliphatic rings. The van der Waals surface area contributed by atoms with Gasteiger partial charge in [0.25, 0.3) is 0 Å². The Morgan fingerprint density at radius 3 is 2.77 bits per heavy atom. The zero-order chi connectivity index (χ0) is 9.10. The molecule has 3 nitrogen and oxygen atoms in total. The van der Waals surface area contributed by atoms with Gasteiger partial charge in [0, 0.05) is 6.20 Å². The molecule has 0 aromatic carbocycles. The van der Waals surface area contributed by atoms with Crippen molar-refractivity contribution in [2.75, 3.05) is 0 Å². The quantitative estimate of drug-likeness (QED) is 0.651. The van der Waals surface area contributed by atoms with E-state index in [0.29, 0.717) is 11.5 Å². The Bertz CT molecular complexity index is 337. The highest BCUT2D eigenvalue weighted by molar-refractivity contribution is 4.91. The fraction of sp³-hybridized carbons (Fsp3) is 0.500. The molecular formula is C10H14N2O. The average Bonchev–Trinajstić information content (AvgIpc) is 2.61. The largest absolute Gasteiger partial charge is 0.427 e. The van der Waals surface area contributed by atoms with Gasteiger partial charge in [0.05, 0.1) is 6.04 Å². The molecule has 0 unspecified atom stereocenters. The summed E-state index contributed by atoms with van der Waals surface area (Å²) in [5.41, 5.74) is 0.661. The zero-order valence-electron chi connectivity index (χ0n) is 7.56. The van der Waals surface area contributed by atoms with Gasteiger partial charge in [0.2, 0.25) is 0 Å². The maximum Gasteiger partial charge on any atom is 0.163 e. The van der Waals surface area contributed by atoms with Crippen LogP contribution in [0.5, 0.6) is 0 Å². The molecular weight excluding hydrogens is 164 g/mol. The van der Waals surface area contributed by atoms with E-state index in [0.717, 1.165) is 17.6 Å². The topological polar surface area (TPSA) is 37.5 Å². The van der Waals surface area contributed by atoms with Crippen LogP contribution in [0, 0.1) is 0 Å². The van der Waals surface area contributed by atoms with Crippen molar-refractivity contribution in [3.63, 3.8) is 0 Å². The van der Waals surface area contributed by atoms with E-state index in [1.165, 1.54) is 12.8 Å². The van der Waals surface area contributed by atoms with Crippen molar-refractivity contribution in [2.45, 2.75) is 31.7 Å². The number of aromatic nitrogens is 1. The molecule has 1 saturated carbocycles. The van der Waals surface area contributed by atoms with Gasteiger partial charge in [-0.15, -0.1) is 0 Å². The summed E-state index contributed by atoms with van der Waals surface area (Å²) < 4.78 is 1.08. The SMILES string of the molecule is On1ccccc1=NC1CCCC1. The summed E-state index contributed by atoms with van der Waals surface area (Å²) in [5, 5.41) is 9.39. The fourth-order valence-corrected chi connectivity index (χ4v) is 1.75. The Balaban J connectivity index is 2.27. The first kappa shape index (κ1) is 8.35. The van der Waals surface area contributed by atoms with Crippen LogP contribution in [0.4, 0.5) is 0 Å². The minimum atomic E-state index is 0.417. The van der Waals surface area contributed by atoms with Gasteiger partial charge in [-0.1, -0.05) is 18.9 Å². The van der Waals surface area contributed by atoms with E-state index in [9.17, 15) is 5.21 Å². The molecule has 13 heavy (non-hydrogen) atoms. The molecule has 1 fully saturated rings. The molecule has 3 heteroatoms. The maximum atomic E-state index is 9.39. The van der Waals surface area contributed by atoms with Crippen LogP contribution < -0.4 is 5.49 Å². The number of rotatable bonds is 1. The summed E-state index contributed by atoms with van der Waals surface area (Å²) in [6.45, 7) is 0. The Morgan fingerprint density at radius 2 is 2.08 bits per heavy atom. The number of hydrogen-bond donors (Lipinski definition) is 1. The number of pyridine rings is 1. The van der Waals surface area contributed by atoms with Crippen molar-refractivity contribution in [1.29, 1.82) is 0 Å². The van der Waals surface area contributed by atoms with Crippen molar-refractivity contribution >= 4 is 0 Å². The number of hydrogen-bond acceptors (Lipinski definition) is 2. The van der Waals surface area contributed by atoms with Crippen LogP contribution in [0.25, 0.3) is 0 Å². The Morgan fingerprint density at radius 1 is 1.31 bits per heavy atom. The van der Waals surface area contributed by atoms with E-state index in [-0.39, 0.29) is 0 Å². The second-order valence-corrected chi connectivity index (χ2v) is 3.47. The lowest BCUT2D eigenvalue weighted by Gasteiger charge is -2.02. The molecule has 1 N–H and O–H groups in total.